The predicted molar refractivity (Wildman–Crippen MR) is 101 cm³/mol. The van der Waals surface area contributed by atoms with Crippen molar-refractivity contribution in [3.63, 3.8) is 0 Å². The van der Waals surface area contributed by atoms with Crippen LogP contribution in [0, 0.1) is 12.8 Å². The van der Waals surface area contributed by atoms with Gasteiger partial charge in [0.25, 0.3) is 5.56 Å². The van der Waals surface area contributed by atoms with Crippen molar-refractivity contribution in [2.75, 3.05) is 24.5 Å². The van der Waals surface area contributed by atoms with E-state index in [4.69, 9.17) is 4.98 Å². The second-order valence-corrected chi connectivity index (χ2v) is 7.88. The van der Waals surface area contributed by atoms with Gasteiger partial charge in [-0.05, 0) is 25.7 Å². The minimum absolute atomic E-state index is 0.0239. The molecule has 2 aromatic rings. The van der Waals surface area contributed by atoms with E-state index in [0.717, 1.165) is 55.5 Å². The zero-order valence-electron chi connectivity index (χ0n) is 16.0. The summed E-state index contributed by atoms with van der Waals surface area (Å²) in [4.78, 5) is 25.1. The highest BCUT2D eigenvalue weighted by atomic mass is 16.1. The van der Waals surface area contributed by atoms with Crippen LogP contribution in [-0.4, -0.2) is 44.3 Å². The highest BCUT2D eigenvalue weighted by Gasteiger charge is 2.25. The van der Waals surface area contributed by atoms with Crippen LogP contribution in [0.2, 0.25) is 0 Å². The fourth-order valence-corrected chi connectivity index (χ4v) is 4.18. The van der Waals surface area contributed by atoms with Crippen LogP contribution in [0.3, 0.4) is 0 Å². The lowest BCUT2D eigenvalue weighted by Gasteiger charge is -2.33. The van der Waals surface area contributed by atoms with Gasteiger partial charge in [-0.15, -0.1) is 0 Å². The molecule has 0 bridgehead atoms. The SMILES string of the molecule is Cc1nn(C)cc1CN1CCc2nc(N3CCC[C@H](C)C3)[nH]c(=O)c2C1. The van der Waals surface area contributed by atoms with Crippen LogP contribution in [0.1, 0.15) is 42.3 Å². The van der Waals surface area contributed by atoms with Crippen LogP contribution in [-0.2, 0) is 26.6 Å². The summed E-state index contributed by atoms with van der Waals surface area (Å²) in [5.74, 6) is 1.42. The number of nitrogens with one attached hydrogen (secondary N) is 1. The second-order valence-electron chi connectivity index (χ2n) is 7.88. The smallest absolute Gasteiger partial charge is 0.257 e. The number of aryl methyl sites for hydroxylation is 2. The molecule has 0 amide bonds. The number of fused-ring (bicyclic) bond motifs is 1. The molecule has 0 spiro atoms. The second kappa shape index (κ2) is 6.87. The molecule has 1 N–H and O–H groups in total. The first kappa shape index (κ1) is 17.3. The molecule has 0 radical (unpaired) electrons. The lowest BCUT2D eigenvalue weighted by molar-refractivity contribution is 0.241. The molecule has 1 fully saturated rings. The van der Waals surface area contributed by atoms with Gasteiger partial charge < -0.3 is 4.90 Å². The number of nitrogens with zero attached hydrogens (tertiary/aromatic N) is 5. The summed E-state index contributed by atoms with van der Waals surface area (Å²) in [5, 5.41) is 4.41. The quantitative estimate of drug-likeness (QED) is 0.905. The topological polar surface area (TPSA) is 70.1 Å². The lowest BCUT2D eigenvalue weighted by atomic mass is 10.0. The van der Waals surface area contributed by atoms with Crippen molar-refractivity contribution in [2.45, 2.75) is 46.2 Å². The largest absolute Gasteiger partial charge is 0.342 e. The van der Waals surface area contributed by atoms with Gasteiger partial charge in [0.1, 0.15) is 0 Å². The normalized spacial score (nSPS) is 21.0. The van der Waals surface area contributed by atoms with Gasteiger partial charge in [-0.2, -0.15) is 5.10 Å². The molecular weight excluding hydrogens is 328 g/mol. The van der Waals surface area contributed by atoms with E-state index in [1.807, 2.05) is 18.7 Å². The third-order valence-electron chi connectivity index (χ3n) is 5.60. The lowest BCUT2D eigenvalue weighted by Crippen LogP contribution is -2.39. The predicted octanol–water partition coefficient (Wildman–Crippen LogP) is 1.61. The van der Waals surface area contributed by atoms with E-state index in [0.29, 0.717) is 12.5 Å². The third kappa shape index (κ3) is 3.40. The summed E-state index contributed by atoms with van der Waals surface area (Å²) in [6.45, 7) is 8.67. The summed E-state index contributed by atoms with van der Waals surface area (Å²) >= 11 is 0. The summed E-state index contributed by atoms with van der Waals surface area (Å²) in [5.41, 5.74) is 4.10. The maximum atomic E-state index is 12.7. The van der Waals surface area contributed by atoms with Gasteiger partial charge in [0.15, 0.2) is 0 Å². The Bertz CT molecular complexity index is 854. The van der Waals surface area contributed by atoms with Gasteiger partial charge in [0.2, 0.25) is 5.95 Å². The van der Waals surface area contributed by atoms with Gasteiger partial charge >= 0.3 is 0 Å². The van der Waals surface area contributed by atoms with E-state index in [1.165, 1.54) is 18.4 Å². The number of aromatic nitrogens is 4. The molecule has 0 aromatic carbocycles. The van der Waals surface area contributed by atoms with Crippen molar-refractivity contribution in [3.8, 4) is 0 Å². The van der Waals surface area contributed by atoms with Crippen LogP contribution < -0.4 is 10.5 Å². The number of hydrogen-bond acceptors (Lipinski definition) is 5. The zero-order valence-corrected chi connectivity index (χ0v) is 16.0. The summed E-state index contributed by atoms with van der Waals surface area (Å²) in [7, 11) is 1.94. The van der Waals surface area contributed by atoms with E-state index in [9.17, 15) is 4.79 Å². The Kier molecular flexibility index (Phi) is 4.56. The first-order chi connectivity index (χ1) is 12.5. The van der Waals surface area contributed by atoms with Crippen molar-refractivity contribution in [3.05, 3.63) is 39.1 Å². The molecule has 1 saturated heterocycles. The Hall–Kier alpha value is -2.15. The zero-order chi connectivity index (χ0) is 18.3. The minimum atomic E-state index is 0.0239. The molecule has 1 atom stereocenters. The molecule has 2 aromatic heterocycles. The first-order valence-corrected chi connectivity index (χ1v) is 9.58. The molecule has 26 heavy (non-hydrogen) atoms. The Balaban J connectivity index is 1.52. The Morgan fingerprint density at radius 2 is 2.19 bits per heavy atom. The van der Waals surface area contributed by atoms with Crippen LogP contribution >= 0.6 is 0 Å². The standard InChI is InChI=1S/C19H28N6O/c1-13-5-4-7-25(9-13)19-20-17-6-8-24(12-16(17)18(26)21-19)11-15-10-23(3)22-14(15)2/h10,13H,4-9,11-12H2,1-3H3,(H,20,21,26)/t13-/m0/s1. The first-order valence-electron chi connectivity index (χ1n) is 9.58. The van der Waals surface area contributed by atoms with Crippen molar-refractivity contribution >= 4 is 5.95 Å². The molecular formula is C19H28N6O. The van der Waals surface area contributed by atoms with Crippen LogP contribution in [0.4, 0.5) is 5.95 Å². The van der Waals surface area contributed by atoms with Gasteiger partial charge in [0.05, 0.1) is 17.0 Å². The molecule has 4 heterocycles. The molecule has 4 rings (SSSR count). The number of H-pyrrole nitrogens is 1. The number of piperidine rings is 1. The Morgan fingerprint density at radius 1 is 1.35 bits per heavy atom. The number of hydrogen-bond donors (Lipinski definition) is 1. The van der Waals surface area contributed by atoms with Gasteiger partial charge in [0, 0.05) is 58.0 Å². The van der Waals surface area contributed by atoms with E-state index < -0.39 is 0 Å². The molecule has 2 aliphatic heterocycles. The molecule has 7 nitrogen and oxygen atoms in total. The number of aromatic amines is 1. The van der Waals surface area contributed by atoms with E-state index >= 15 is 0 Å². The monoisotopic (exact) mass is 356 g/mol. The van der Waals surface area contributed by atoms with Crippen molar-refractivity contribution < 1.29 is 0 Å². The number of rotatable bonds is 3. The molecule has 2 aliphatic rings. The minimum Gasteiger partial charge on any atom is -0.342 e. The van der Waals surface area contributed by atoms with E-state index in [-0.39, 0.29) is 5.56 Å². The average molecular weight is 356 g/mol. The molecule has 7 heteroatoms. The molecule has 0 saturated carbocycles. The van der Waals surface area contributed by atoms with E-state index in [1.54, 1.807) is 0 Å². The Morgan fingerprint density at radius 3 is 2.92 bits per heavy atom. The van der Waals surface area contributed by atoms with Gasteiger partial charge in [-0.25, -0.2) is 4.98 Å². The van der Waals surface area contributed by atoms with Gasteiger partial charge in [-0.3, -0.25) is 19.4 Å². The highest BCUT2D eigenvalue weighted by molar-refractivity contribution is 5.35. The van der Waals surface area contributed by atoms with E-state index in [2.05, 4.69) is 33.0 Å². The van der Waals surface area contributed by atoms with Crippen molar-refractivity contribution in [1.29, 1.82) is 0 Å². The van der Waals surface area contributed by atoms with Gasteiger partial charge in [-0.1, -0.05) is 6.92 Å². The average Bonchev–Trinajstić information content (AvgIpc) is 2.92. The highest BCUT2D eigenvalue weighted by Crippen LogP contribution is 2.22. The molecule has 0 unspecified atom stereocenters. The maximum absolute atomic E-state index is 12.7. The van der Waals surface area contributed by atoms with Crippen molar-refractivity contribution in [1.82, 2.24) is 24.6 Å². The fourth-order valence-electron chi connectivity index (χ4n) is 4.18. The number of anilines is 1. The summed E-state index contributed by atoms with van der Waals surface area (Å²) in [6, 6.07) is 0. The van der Waals surface area contributed by atoms with Crippen LogP contribution in [0.15, 0.2) is 11.0 Å². The molecule has 140 valence electrons. The Labute approximate surface area is 154 Å². The molecule has 0 aliphatic carbocycles. The summed E-state index contributed by atoms with van der Waals surface area (Å²) in [6.07, 6.45) is 5.32. The van der Waals surface area contributed by atoms with Crippen molar-refractivity contribution in [2.24, 2.45) is 13.0 Å². The summed E-state index contributed by atoms with van der Waals surface area (Å²) < 4.78 is 1.85. The van der Waals surface area contributed by atoms with Crippen LogP contribution in [0.5, 0.6) is 0 Å². The van der Waals surface area contributed by atoms with Crippen LogP contribution in [0.25, 0.3) is 0 Å². The fraction of sp³-hybridized carbons (Fsp3) is 0.632. The maximum Gasteiger partial charge on any atom is 0.257 e. The third-order valence-corrected chi connectivity index (χ3v) is 5.60.